The maximum Gasteiger partial charge on any atom is 0.220 e. The van der Waals surface area contributed by atoms with Gasteiger partial charge in [0, 0.05) is 37.6 Å². The molecule has 1 amide bonds. The van der Waals surface area contributed by atoms with Gasteiger partial charge in [-0.05, 0) is 39.5 Å². The smallest absolute Gasteiger partial charge is 0.220 e. The minimum absolute atomic E-state index is 0.0930. The van der Waals surface area contributed by atoms with Crippen molar-refractivity contribution in [3.8, 4) is 0 Å². The summed E-state index contributed by atoms with van der Waals surface area (Å²) in [7, 11) is 0. The Balaban J connectivity index is 1.67. The Hall–Kier alpha value is -0.650. The number of nitrogens with one attached hydrogen (secondary N) is 1. The van der Waals surface area contributed by atoms with E-state index in [1.54, 1.807) is 0 Å². The SMILES string of the molecule is CC(C)N1CCOC(CNC2CCC(C(N)=O)CC2)C1. The molecule has 1 atom stereocenters. The molecule has 0 aromatic heterocycles. The van der Waals surface area contributed by atoms with Gasteiger partial charge in [0.15, 0.2) is 0 Å². The van der Waals surface area contributed by atoms with Crippen molar-refractivity contribution in [2.24, 2.45) is 11.7 Å². The number of primary amides is 1. The number of hydrogen-bond donors (Lipinski definition) is 2. The standard InChI is InChI=1S/C15H29N3O2/c1-11(2)18-7-8-20-14(10-18)9-17-13-5-3-12(4-6-13)15(16)19/h11-14,17H,3-10H2,1-2H3,(H2,16,19). The lowest BCUT2D eigenvalue weighted by Crippen LogP contribution is -2.50. The van der Waals surface area contributed by atoms with Crippen LogP contribution >= 0.6 is 0 Å². The molecule has 5 nitrogen and oxygen atoms in total. The van der Waals surface area contributed by atoms with Crippen LogP contribution in [0.2, 0.25) is 0 Å². The van der Waals surface area contributed by atoms with Gasteiger partial charge in [-0.3, -0.25) is 9.69 Å². The van der Waals surface area contributed by atoms with Crippen LogP contribution in [0, 0.1) is 5.92 Å². The van der Waals surface area contributed by atoms with E-state index in [4.69, 9.17) is 10.5 Å². The van der Waals surface area contributed by atoms with Crippen LogP contribution in [0.1, 0.15) is 39.5 Å². The summed E-state index contributed by atoms with van der Waals surface area (Å²) in [5.74, 6) is -0.0398. The maximum atomic E-state index is 11.1. The zero-order chi connectivity index (χ0) is 14.5. The number of nitrogens with two attached hydrogens (primary N) is 1. The van der Waals surface area contributed by atoms with Gasteiger partial charge in [0.05, 0.1) is 12.7 Å². The van der Waals surface area contributed by atoms with E-state index in [0.717, 1.165) is 51.9 Å². The van der Waals surface area contributed by atoms with Gasteiger partial charge >= 0.3 is 0 Å². The zero-order valence-corrected chi connectivity index (χ0v) is 12.8. The molecule has 1 unspecified atom stereocenters. The van der Waals surface area contributed by atoms with E-state index in [2.05, 4.69) is 24.1 Å². The summed E-state index contributed by atoms with van der Waals surface area (Å²) in [5, 5.41) is 3.61. The number of ether oxygens (including phenoxy) is 1. The van der Waals surface area contributed by atoms with Crippen molar-refractivity contribution >= 4 is 5.91 Å². The van der Waals surface area contributed by atoms with Crippen LogP contribution in [0.4, 0.5) is 0 Å². The first kappa shape index (κ1) is 15.7. The minimum Gasteiger partial charge on any atom is -0.374 e. The number of nitrogens with zero attached hydrogens (tertiary/aromatic N) is 1. The Bertz CT molecular complexity index is 314. The van der Waals surface area contributed by atoms with Gasteiger partial charge in [-0.15, -0.1) is 0 Å². The van der Waals surface area contributed by atoms with Crippen molar-refractivity contribution in [1.29, 1.82) is 0 Å². The second-order valence-corrected chi connectivity index (χ2v) is 6.44. The molecule has 2 aliphatic rings. The quantitative estimate of drug-likeness (QED) is 0.780. The summed E-state index contributed by atoms with van der Waals surface area (Å²) in [4.78, 5) is 13.6. The van der Waals surface area contributed by atoms with Gasteiger partial charge in [0.25, 0.3) is 0 Å². The number of hydrogen-bond acceptors (Lipinski definition) is 4. The summed E-state index contributed by atoms with van der Waals surface area (Å²) in [5.41, 5.74) is 5.36. The average molecular weight is 283 g/mol. The number of morpholine rings is 1. The fourth-order valence-corrected chi connectivity index (χ4v) is 3.21. The van der Waals surface area contributed by atoms with E-state index < -0.39 is 0 Å². The fraction of sp³-hybridized carbons (Fsp3) is 0.933. The van der Waals surface area contributed by atoms with Gasteiger partial charge in [-0.2, -0.15) is 0 Å². The molecule has 20 heavy (non-hydrogen) atoms. The first-order valence-electron chi connectivity index (χ1n) is 7.94. The normalized spacial score (nSPS) is 32.5. The molecule has 0 aromatic rings. The molecule has 116 valence electrons. The lowest BCUT2D eigenvalue weighted by atomic mass is 9.85. The van der Waals surface area contributed by atoms with Crippen LogP contribution in [0.15, 0.2) is 0 Å². The molecule has 0 bridgehead atoms. The Labute approximate surface area is 122 Å². The second-order valence-electron chi connectivity index (χ2n) is 6.44. The Morgan fingerprint density at radius 2 is 2.05 bits per heavy atom. The Morgan fingerprint density at radius 1 is 1.35 bits per heavy atom. The van der Waals surface area contributed by atoms with Crippen LogP contribution < -0.4 is 11.1 Å². The summed E-state index contributed by atoms with van der Waals surface area (Å²) in [6, 6.07) is 1.11. The lowest BCUT2D eigenvalue weighted by Gasteiger charge is -2.36. The van der Waals surface area contributed by atoms with Crippen LogP contribution in [0.25, 0.3) is 0 Å². The molecular weight excluding hydrogens is 254 g/mol. The maximum absolute atomic E-state index is 11.1. The van der Waals surface area contributed by atoms with E-state index >= 15 is 0 Å². The molecule has 1 saturated carbocycles. The van der Waals surface area contributed by atoms with Crippen LogP contribution in [-0.4, -0.2) is 55.2 Å². The van der Waals surface area contributed by atoms with Crippen molar-refractivity contribution in [2.45, 2.75) is 57.7 Å². The van der Waals surface area contributed by atoms with Crippen molar-refractivity contribution in [1.82, 2.24) is 10.2 Å². The molecule has 1 saturated heterocycles. The average Bonchev–Trinajstić information content (AvgIpc) is 2.46. The zero-order valence-electron chi connectivity index (χ0n) is 12.8. The van der Waals surface area contributed by atoms with Crippen molar-refractivity contribution in [2.75, 3.05) is 26.2 Å². The number of rotatable bonds is 5. The molecule has 0 spiro atoms. The summed E-state index contributed by atoms with van der Waals surface area (Å²) >= 11 is 0. The van der Waals surface area contributed by atoms with Gasteiger partial charge in [-0.1, -0.05) is 0 Å². The monoisotopic (exact) mass is 283 g/mol. The summed E-state index contributed by atoms with van der Waals surface area (Å²) < 4.78 is 5.83. The predicted octanol–water partition coefficient (Wildman–Crippen LogP) is 0.729. The lowest BCUT2D eigenvalue weighted by molar-refractivity contribution is -0.122. The van der Waals surface area contributed by atoms with Gasteiger partial charge in [0.1, 0.15) is 0 Å². The van der Waals surface area contributed by atoms with Crippen LogP contribution in [0.5, 0.6) is 0 Å². The second kappa shape index (κ2) is 7.38. The molecule has 0 radical (unpaired) electrons. The summed E-state index contributed by atoms with van der Waals surface area (Å²) in [6.07, 6.45) is 4.25. The van der Waals surface area contributed by atoms with Gasteiger partial charge in [-0.25, -0.2) is 0 Å². The van der Waals surface area contributed by atoms with Crippen molar-refractivity contribution in [3.63, 3.8) is 0 Å². The Morgan fingerprint density at radius 3 is 2.65 bits per heavy atom. The van der Waals surface area contributed by atoms with E-state index in [1.807, 2.05) is 0 Å². The number of carbonyl (C=O) groups is 1. The molecule has 1 heterocycles. The summed E-state index contributed by atoms with van der Waals surface area (Å²) in [6.45, 7) is 8.27. The third-order valence-corrected chi connectivity index (χ3v) is 4.66. The third kappa shape index (κ3) is 4.43. The first-order valence-corrected chi connectivity index (χ1v) is 7.94. The van der Waals surface area contributed by atoms with Crippen LogP contribution in [-0.2, 0) is 9.53 Å². The largest absolute Gasteiger partial charge is 0.374 e. The van der Waals surface area contributed by atoms with Crippen molar-refractivity contribution < 1.29 is 9.53 Å². The van der Waals surface area contributed by atoms with E-state index in [1.165, 1.54) is 0 Å². The van der Waals surface area contributed by atoms with Crippen LogP contribution in [0.3, 0.4) is 0 Å². The Kier molecular flexibility index (Phi) is 5.81. The van der Waals surface area contributed by atoms with Gasteiger partial charge < -0.3 is 15.8 Å². The number of amides is 1. The predicted molar refractivity (Wildman–Crippen MR) is 79.4 cm³/mol. The molecule has 2 rings (SSSR count). The topological polar surface area (TPSA) is 67.6 Å². The first-order chi connectivity index (χ1) is 9.56. The van der Waals surface area contributed by atoms with E-state index in [0.29, 0.717) is 18.2 Å². The highest BCUT2D eigenvalue weighted by atomic mass is 16.5. The molecule has 2 fully saturated rings. The number of carbonyl (C=O) groups excluding carboxylic acids is 1. The third-order valence-electron chi connectivity index (χ3n) is 4.66. The highest BCUT2D eigenvalue weighted by Gasteiger charge is 2.26. The molecule has 1 aliphatic carbocycles. The van der Waals surface area contributed by atoms with E-state index in [-0.39, 0.29) is 11.8 Å². The molecule has 5 heteroatoms. The fourth-order valence-electron chi connectivity index (χ4n) is 3.21. The van der Waals surface area contributed by atoms with Gasteiger partial charge in [0.2, 0.25) is 5.91 Å². The molecule has 1 aliphatic heterocycles. The molecular formula is C15H29N3O2. The molecule has 0 aromatic carbocycles. The minimum atomic E-state index is -0.133. The van der Waals surface area contributed by atoms with E-state index in [9.17, 15) is 4.79 Å². The molecule has 3 N–H and O–H groups in total. The van der Waals surface area contributed by atoms with Crippen molar-refractivity contribution in [3.05, 3.63) is 0 Å². The highest BCUT2D eigenvalue weighted by molar-refractivity contribution is 5.76. The highest BCUT2D eigenvalue weighted by Crippen LogP contribution is 2.24.